The molecule has 25 heavy (non-hydrogen) atoms. The highest BCUT2D eigenvalue weighted by Gasteiger charge is 2.39. The second-order valence-corrected chi connectivity index (χ2v) is 7.31. The molecule has 0 atom stereocenters. The van der Waals surface area contributed by atoms with E-state index in [1.165, 1.54) is 4.90 Å². The maximum Gasteiger partial charge on any atom is 0.330 e. The van der Waals surface area contributed by atoms with Gasteiger partial charge in [0.1, 0.15) is 12.4 Å². The van der Waals surface area contributed by atoms with E-state index in [4.69, 9.17) is 11.6 Å². The molecule has 2 heterocycles. The molecule has 2 aliphatic heterocycles. The van der Waals surface area contributed by atoms with Crippen molar-refractivity contribution in [2.45, 2.75) is 39.8 Å². The summed E-state index contributed by atoms with van der Waals surface area (Å²) in [6, 6.07) is 5.29. The average Bonchev–Trinajstić information content (AvgIpc) is 3.00. The summed E-state index contributed by atoms with van der Waals surface area (Å²) >= 11 is 6.15. The molecule has 3 amide bonds. The molecule has 0 aliphatic carbocycles. The van der Waals surface area contributed by atoms with Crippen LogP contribution in [-0.4, -0.2) is 59.3 Å². The van der Waals surface area contributed by atoms with Crippen LogP contribution in [0.15, 0.2) is 23.2 Å². The zero-order valence-electron chi connectivity index (χ0n) is 15.0. The van der Waals surface area contributed by atoms with Crippen LogP contribution in [-0.2, 0) is 4.79 Å². The number of anilines is 1. The van der Waals surface area contributed by atoms with Gasteiger partial charge in [-0.1, -0.05) is 11.6 Å². The van der Waals surface area contributed by atoms with Gasteiger partial charge in [-0.15, -0.1) is 0 Å². The second-order valence-electron chi connectivity index (χ2n) is 6.88. The number of halogens is 1. The number of rotatable bonds is 4. The fourth-order valence-corrected chi connectivity index (χ4v) is 3.74. The van der Waals surface area contributed by atoms with E-state index in [2.05, 4.69) is 4.99 Å². The monoisotopic (exact) mass is 362 g/mol. The molecular weight excluding hydrogens is 340 g/mol. The van der Waals surface area contributed by atoms with Crippen molar-refractivity contribution in [3.05, 3.63) is 28.8 Å². The van der Waals surface area contributed by atoms with Crippen molar-refractivity contribution < 1.29 is 9.59 Å². The lowest BCUT2D eigenvalue weighted by molar-refractivity contribution is -0.133. The molecule has 1 aromatic rings. The van der Waals surface area contributed by atoms with Crippen molar-refractivity contribution in [2.24, 2.45) is 4.99 Å². The number of amidine groups is 1. The number of urea groups is 1. The molecule has 3 rings (SSSR count). The molecule has 0 N–H and O–H groups in total. The Kier molecular flexibility index (Phi) is 4.73. The van der Waals surface area contributed by atoms with E-state index in [1.807, 2.05) is 33.8 Å². The van der Waals surface area contributed by atoms with E-state index >= 15 is 0 Å². The Morgan fingerprint density at radius 1 is 1.28 bits per heavy atom. The van der Waals surface area contributed by atoms with Crippen molar-refractivity contribution in [3.63, 3.8) is 0 Å². The second kappa shape index (κ2) is 6.67. The summed E-state index contributed by atoms with van der Waals surface area (Å²) < 4.78 is 0. The number of hydrogen-bond donors (Lipinski definition) is 0. The number of carbonyl (C=O) groups is 2. The molecule has 1 aromatic carbocycles. The Balaban J connectivity index is 1.97. The predicted molar refractivity (Wildman–Crippen MR) is 99.4 cm³/mol. The Labute approximate surface area is 153 Å². The molecule has 0 radical (unpaired) electrons. The molecule has 7 heteroatoms. The lowest BCUT2D eigenvalue weighted by atomic mass is 10.1. The first-order chi connectivity index (χ1) is 11.8. The molecular formula is C18H23ClN4O2. The molecule has 0 fully saturated rings. The van der Waals surface area contributed by atoms with Gasteiger partial charge in [0.15, 0.2) is 0 Å². The van der Waals surface area contributed by atoms with Crippen LogP contribution < -0.4 is 4.90 Å². The molecule has 134 valence electrons. The van der Waals surface area contributed by atoms with E-state index in [1.54, 1.807) is 21.9 Å². The highest BCUT2D eigenvalue weighted by molar-refractivity contribution is 6.31. The topological polar surface area (TPSA) is 56.2 Å². The van der Waals surface area contributed by atoms with Gasteiger partial charge in [0.2, 0.25) is 5.91 Å². The molecule has 2 aliphatic rings. The SMILES string of the molecule is CC(C)N(C(=O)CN1C(=O)N2CCN=C2c2ccc(Cl)cc21)C(C)C. The molecule has 6 nitrogen and oxygen atoms in total. The first-order valence-electron chi connectivity index (χ1n) is 8.55. The quantitative estimate of drug-likeness (QED) is 0.826. The molecule has 0 bridgehead atoms. The highest BCUT2D eigenvalue weighted by atomic mass is 35.5. The van der Waals surface area contributed by atoms with Gasteiger partial charge in [0, 0.05) is 29.2 Å². The van der Waals surface area contributed by atoms with Gasteiger partial charge in [-0.05, 0) is 45.9 Å². The number of fused-ring (bicyclic) bond motifs is 3. The molecule has 0 aromatic heterocycles. The molecule has 0 unspecified atom stereocenters. The van der Waals surface area contributed by atoms with Crippen LogP contribution in [0.1, 0.15) is 33.3 Å². The lowest BCUT2D eigenvalue weighted by Gasteiger charge is -2.37. The summed E-state index contributed by atoms with van der Waals surface area (Å²) in [5.74, 6) is 0.591. The van der Waals surface area contributed by atoms with E-state index in [9.17, 15) is 9.59 Å². The summed E-state index contributed by atoms with van der Waals surface area (Å²) in [4.78, 5) is 35.2. The van der Waals surface area contributed by atoms with Crippen LogP contribution in [0.25, 0.3) is 0 Å². The minimum atomic E-state index is -0.216. The highest BCUT2D eigenvalue weighted by Crippen LogP contribution is 2.33. The fourth-order valence-electron chi connectivity index (χ4n) is 3.57. The number of amides is 3. The van der Waals surface area contributed by atoms with Crippen LogP contribution in [0, 0.1) is 0 Å². The minimum absolute atomic E-state index is 0.00762. The van der Waals surface area contributed by atoms with Crippen LogP contribution in [0.2, 0.25) is 5.02 Å². The first kappa shape index (κ1) is 17.7. The Morgan fingerprint density at radius 2 is 1.96 bits per heavy atom. The summed E-state index contributed by atoms with van der Waals surface area (Å²) in [6.07, 6.45) is 0. The normalized spacial score (nSPS) is 16.3. The Hall–Kier alpha value is -2.08. The maximum absolute atomic E-state index is 12.9. The van der Waals surface area contributed by atoms with Crippen LogP contribution in [0.5, 0.6) is 0 Å². The molecule has 0 spiro atoms. The number of hydrogen-bond acceptors (Lipinski definition) is 3. The Bertz CT molecular complexity index is 737. The van der Waals surface area contributed by atoms with Crippen molar-refractivity contribution in [1.29, 1.82) is 0 Å². The van der Waals surface area contributed by atoms with Gasteiger partial charge in [-0.3, -0.25) is 19.6 Å². The van der Waals surface area contributed by atoms with Gasteiger partial charge in [0.05, 0.1) is 12.2 Å². The standard InChI is InChI=1S/C18H23ClN4O2/c1-11(2)23(12(3)4)16(24)10-22-15-9-13(19)5-6-14(15)17-20-7-8-21(17)18(22)25/h5-6,9,11-12H,7-8,10H2,1-4H3. The third-order valence-corrected chi connectivity index (χ3v) is 4.72. The number of nitrogens with zero attached hydrogens (tertiary/aromatic N) is 4. The summed E-state index contributed by atoms with van der Waals surface area (Å²) in [7, 11) is 0. The number of aliphatic imine (C=N–C) groups is 1. The maximum atomic E-state index is 12.9. The van der Waals surface area contributed by atoms with Crippen LogP contribution >= 0.6 is 11.6 Å². The molecule has 0 saturated carbocycles. The van der Waals surface area contributed by atoms with E-state index in [0.29, 0.717) is 29.6 Å². The Morgan fingerprint density at radius 3 is 2.60 bits per heavy atom. The van der Waals surface area contributed by atoms with E-state index in [-0.39, 0.29) is 30.6 Å². The summed E-state index contributed by atoms with van der Waals surface area (Å²) in [5.41, 5.74) is 1.49. The van der Waals surface area contributed by atoms with Crippen molar-refractivity contribution in [1.82, 2.24) is 9.80 Å². The van der Waals surface area contributed by atoms with Crippen LogP contribution in [0.3, 0.4) is 0 Å². The third-order valence-electron chi connectivity index (χ3n) is 4.49. The van der Waals surface area contributed by atoms with Gasteiger partial charge in [0.25, 0.3) is 0 Å². The van der Waals surface area contributed by atoms with Crippen molar-refractivity contribution in [2.75, 3.05) is 24.5 Å². The zero-order valence-corrected chi connectivity index (χ0v) is 15.7. The van der Waals surface area contributed by atoms with Crippen molar-refractivity contribution in [3.8, 4) is 0 Å². The van der Waals surface area contributed by atoms with Crippen LogP contribution in [0.4, 0.5) is 10.5 Å². The molecule has 0 saturated heterocycles. The lowest BCUT2D eigenvalue weighted by Crippen LogP contribution is -2.54. The van der Waals surface area contributed by atoms with Crippen molar-refractivity contribution >= 4 is 35.1 Å². The predicted octanol–water partition coefficient (Wildman–Crippen LogP) is 2.99. The van der Waals surface area contributed by atoms with Gasteiger partial charge in [-0.25, -0.2) is 4.79 Å². The van der Waals surface area contributed by atoms with Gasteiger partial charge in [-0.2, -0.15) is 0 Å². The average molecular weight is 363 g/mol. The minimum Gasteiger partial charge on any atom is -0.336 e. The van der Waals surface area contributed by atoms with Gasteiger partial charge < -0.3 is 4.90 Å². The first-order valence-corrected chi connectivity index (χ1v) is 8.93. The number of benzene rings is 1. The smallest absolute Gasteiger partial charge is 0.330 e. The van der Waals surface area contributed by atoms with Gasteiger partial charge >= 0.3 is 6.03 Å². The zero-order chi connectivity index (χ0) is 18.3. The van der Waals surface area contributed by atoms with E-state index < -0.39 is 0 Å². The summed E-state index contributed by atoms with van der Waals surface area (Å²) in [6.45, 7) is 9.02. The fraction of sp³-hybridized carbons (Fsp3) is 0.500. The van der Waals surface area contributed by atoms with E-state index in [0.717, 1.165) is 5.56 Å². The summed E-state index contributed by atoms with van der Waals surface area (Å²) in [5, 5.41) is 0.528. The third kappa shape index (κ3) is 3.11. The largest absolute Gasteiger partial charge is 0.336 e. The number of carbonyl (C=O) groups excluding carboxylic acids is 2.